The van der Waals surface area contributed by atoms with Gasteiger partial charge in [0.1, 0.15) is 12.5 Å². The third-order valence-corrected chi connectivity index (χ3v) is 5.83. The molecule has 2 aliphatic rings. The van der Waals surface area contributed by atoms with Gasteiger partial charge in [-0.2, -0.15) is 15.5 Å². The van der Waals surface area contributed by atoms with Crippen LogP contribution in [0.3, 0.4) is 0 Å². The Kier molecular flexibility index (Phi) is 5.35. The second kappa shape index (κ2) is 8.42. The van der Waals surface area contributed by atoms with Crippen LogP contribution in [0.4, 0.5) is 0 Å². The van der Waals surface area contributed by atoms with E-state index in [9.17, 15) is 5.26 Å². The second-order valence-corrected chi connectivity index (χ2v) is 7.97. The zero-order valence-corrected chi connectivity index (χ0v) is 16.9. The Bertz CT molecular complexity index is 977. The quantitative estimate of drug-likeness (QED) is 0.632. The Morgan fingerprint density at radius 2 is 1.30 bits per heavy atom. The highest BCUT2D eigenvalue weighted by atomic mass is 16.5. The van der Waals surface area contributed by atoms with Crippen molar-refractivity contribution in [1.82, 2.24) is 19.6 Å². The van der Waals surface area contributed by atoms with E-state index in [0.717, 1.165) is 74.0 Å². The molecule has 1 aromatic carbocycles. The Morgan fingerprint density at radius 3 is 1.73 bits per heavy atom. The van der Waals surface area contributed by atoms with Crippen molar-refractivity contribution in [3.63, 3.8) is 0 Å². The van der Waals surface area contributed by atoms with Crippen LogP contribution in [0.2, 0.25) is 0 Å². The van der Waals surface area contributed by atoms with Crippen molar-refractivity contribution in [3.05, 3.63) is 48.5 Å². The Morgan fingerprint density at radius 1 is 0.767 bits per heavy atom. The molecule has 2 aliphatic heterocycles. The van der Waals surface area contributed by atoms with E-state index in [1.807, 2.05) is 46.3 Å². The molecule has 0 saturated carbocycles. The summed E-state index contributed by atoms with van der Waals surface area (Å²) in [6.07, 6.45) is 14.2. The number of ether oxygens (including phenoxy) is 2. The maximum atomic E-state index is 9.57. The van der Waals surface area contributed by atoms with E-state index in [2.05, 4.69) is 22.3 Å². The van der Waals surface area contributed by atoms with Crippen LogP contribution in [0, 0.1) is 11.3 Å². The van der Waals surface area contributed by atoms with Gasteiger partial charge in [-0.05, 0) is 67.9 Å². The summed E-state index contributed by atoms with van der Waals surface area (Å²) >= 11 is 0. The van der Waals surface area contributed by atoms with Crippen LogP contribution in [0.25, 0.3) is 22.3 Å². The van der Waals surface area contributed by atoms with Crippen LogP contribution in [0.1, 0.15) is 56.5 Å². The van der Waals surface area contributed by atoms with Crippen molar-refractivity contribution < 1.29 is 9.47 Å². The van der Waals surface area contributed by atoms with E-state index >= 15 is 0 Å². The maximum absolute atomic E-state index is 9.57. The molecule has 154 valence electrons. The van der Waals surface area contributed by atoms with Crippen molar-refractivity contribution in [2.24, 2.45) is 0 Å². The lowest BCUT2D eigenvalue weighted by Crippen LogP contribution is -2.18. The Balaban J connectivity index is 1.44. The molecule has 0 amide bonds. The largest absolute Gasteiger partial charge is 0.357 e. The summed E-state index contributed by atoms with van der Waals surface area (Å²) in [4.78, 5) is 0. The fraction of sp³-hybridized carbons (Fsp3) is 0.435. The lowest BCUT2D eigenvalue weighted by Gasteiger charge is -2.22. The molecule has 5 rings (SSSR count). The van der Waals surface area contributed by atoms with E-state index in [0.29, 0.717) is 5.56 Å². The number of nitriles is 1. The van der Waals surface area contributed by atoms with Crippen LogP contribution in [0.15, 0.2) is 43.0 Å². The summed E-state index contributed by atoms with van der Waals surface area (Å²) < 4.78 is 15.5. The van der Waals surface area contributed by atoms with Crippen molar-refractivity contribution in [1.29, 1.82) is 5.26 Å². The molecule has 2 aromatic heterocycles. The average Bonchev–Trinajstić information content (AvgIpc) is 3.50. The number of nitrogens with zero attached hydrogens (tertiary/aromatic N) is 5. The molecule has 2 unspecified atom stereocenters. The highest BCUT2D eigenvalue weighted by Crippen LogP contribution is 2.31. The Labute approximate surface area is 175 Å². The zero-order valence-electron chi connectivity index (χ0n) is 16.9. The van der Waals surface area contributed by atoms with Gasteiger partial charge < -0.3 is 9.47 Å². The van der Waals surface area contributed by atoms with Gasteiger partial charge in [-0.15, -0.1) is 0 Å². The number of rotatable bonds is 4. The highest BCUT2D eigenvalue weighted by molar-refractivity contribution is 5.74. The number of benzene rings is 1. The molecule has 0 radical (unpaired) electrons. The van der Waals surface area contributed by atoms with Crippen LogP contribution in [-0.4, -0.2) is 32.8 Å². The fourth-order valence-corrected chi connectivity index (χ4v) is 4.18. The highest BCUT2D eigenvalue weighted by Gasteiger charge is 2.19. The molecule has 2 atom stereocenters. The van der Waals surface area contributed by atoms with E-state index < -0.39 is 0 Å². The molecule has 0 bridgehead atoms. The molecular formula is C23H25N5O2. The summed E-state index contributed by atoms with van der Waals surface area (Å²) in [5.74, 6) is 0. The van der Waals surface area contributed by atoms with Crippen LogP contribution in [-0.2, 0) is 9.47 Å². The van der Waals surface area contributed by atoms with E-state index in [-0.39, 0.29) is 12.5 Å². The topological polar surface area (TPSA) is 77.9 Å². The molecule has 4 heterocycles. The van der Waals surface area contributed by atoms with Crippen molar-refractivity contribution in [2.45, 2.75) is 51.0 Å². The summed E-state index contributed by atoms with van der Waals surface area (Å²) in [5, 5.41) is 18.6. The second-order valence-electron chi connectivity index (χ2n) is 7.97. The summed E-state index contributed by atoms with van der Waals surface area (Å²) in [7, 11) is 0. The molecular weight excluding hydrogens is 378 g/mol. The zero-order chi connectivity index (χ0) is 20.3. The third-order valence-electron chi connectivity index (χ3n) is 5.83. The van der Waals surface area contributed by atoms with E-state index in [1.165, 1.54) is 0 Å². The van der Waals surface area contributed by atoms with E-state index in [1.54, 1.807) is 0 Å². The van der Waals surface area contributed by atoms with E-state index in [4.69, 9.17) is 9.47 Å². The molecule has 7 heteroatoms. The van der Waals surface area contributed by atoms with Crippen LogP contribution < -0.4 is 0 Å². The van der Waals surface area contributed by atoms with Gasteiger partial charge in [-0.3, -0.25) is 0 Å². The van der Waals surface area contributed by atoms with Gasteiger partial charge in [0.2, 0.25) is 0 Å². The van der Waals surface area contributed by atoms with Gasteiger partial charge in [0.25, 0.3) is 0 Å². The molecule has 2 fully saturated rings. The third kappa shape index (κ3) is 3.89. The van der Waals surface area contributed by atoms with Crippen molar-refractivity contribution in [2.75, 3.05) is 13.2 Å². The minimum atomic E-state index is -0.000143. The molecule has 3 aromatic rings. The number of hydrogen-bond donors (Lipinski definition) is 0. The number of hydrogen-bond acceptors (Lipinski definition) is 5. The molecule has 30 heavy (non-hydrogen) atoms. The van der Waals surface area contributed by atoms with Crippen LogP contribution in [0.5, 0.6) is 0 Å². The van der Waals surface area contributed by atoms with Crippen LogP contribution >= 0.6 is 0 Å². The first-order valence-corrected chi connectivity index (χ1v) is 10.7. The predicted molar refractivity (Wildman–Crippen MR) is 111 cm³/mol. The minimum Gasteiger partial charge on any atom is -0.357 e. The van der Waals surface area contributed by atoms with Gasteiger partial charge in [-0.1, -0.05) is 0 Å². The standard InChI is InChI=1S/C23H25N5O2/c24-12-17-9-18(20-13-25-27(15-20)22-5-1-3-7-29-22)11-19(10-17)21-14-26-28(16-21)23-6-2-4-8-30-23/h9-11,13-16,22-23H,1-8H2. The molecule has 0 aliphatic carbocycles. The van der Waals surface area contributed by atoms with Gasteiger partial charge in [0.05, 0.1) is 24.0 Å². The molecule has 0 N–H and O–H groups in total. The fourth-order valence-electron chi connectivity index (χ4n) is 4.18. The molecule has 2 saturated heterocycles. The summed E-state index contributed by atoms with van der Waals surface area (Å²) in [6, 6.07) is 8.18. The predicted octanol–water partition coefficient (Wildman–Crippen LogP) is 4.68. The first-order chi connectivity index (χ1) is 14.8. The lowest BCUT2D eigenvalue weighted by atomic mass is 9.99. The summed E-state index contributed by atoms with van der Waals surface area (Å²) in [5.41, 5.74) is 4.50. The monoisotopic (exact) mass is 403 g/mol. The molecule has 0 spiro atoms. The van der Waals surface area contributed by atoms with Gasteiger partial charge >= 0.3 is 0 Å². The van der Waals surface area contributed by atoms with Gasteiger partial charge in [0, 0.05) is 36.7 Å². The first kappa shape index (κ1) is 19.0. The number of aromatic nitrogens is 4. The average molecular weight is 403 g/mol. The maximum Gasteiger partial charge on any atom is 0.150 e. The SMILES string of the molecule is N#Cc1cc(-c2cnn(C3CCCCO3)c2)cc(-c2cnn(C3CCCCO3)c2)c1. The van der Waals surface area contributed by atoms with Gasteiger partial charge in [-0.25, -0.2) is 9.36 Å². The normalized spacial score (nSPS) is 22.0. The first-order valence-electron chi connectivity index (χ1n) is 10.7. The summed E-state index contributed by atoms with van der Waals surface area (Å²) in [6.45, 7) is 1.56. The van der Waals surface area contributed by atoms with Gasteiger partial charge in [0.15, 0.2) is 0 Å². The minimum absolute atomic E-state index is 0.000143. The smallest absolute Gasteiger partial charge is 0.150 e. The van der Waals surface area contributed by atoms with Crippen molar-refractivity contribution in [3.8, 4) is 28.3 Å². The van der Waals surface area contributed by atoms with Crippen molar-refractivity contribution >= 4 is 0 Å². The Hall–Kier alpha value is -2.95. The molecule has 7 nitrogen and oxygen atoms in total. The lowest BCUT2D eigenvalue weighted by molar-refractivity contribution is -0.0395.